The summed E-state index contributed by atoms with van der Waals surface area (Å²) in [6.07, 6.45) is 0.744. The van der Waals surface area contributed by atoms with Gasteiger partial charge in [-0.25, -0.2) is 9.59 Å². The molecule has 5 rings (SSSR count). The van der Waals surface area contributed by atoms with Crippen LogP contribution in [0.15, 0.2) is 102 Å². The summed E-state index contributed by atoms with van der Waals surface area (Å²) in [6, 6.07) is 30.4. The van der Waals surface area contributed by atoms with Gasteiger partial charge in [0, 0.05) is 28.3 Å². The van der Waals surface area contributed by atoms with Crippen LogP contribution in [-0.4, -0.2) is 25.0 Å². The third-order valence-corrected chi connectivity index (χ3v) is 6.79. The van der Waals surface area contributed by atoms with E-state index in [1.165, 1.54) is 0 Å². The largest absolute Gasteiger partial charge is 0.417 e. The molecule has 7 heteroatoms. The topological polar surface area (TPSA) is 76.7 Å². The Kier molecular flexibility index (Phi) is 7.47. The lowest BCUT2D eigenvalue weighted by molar-refractivity contribution is 0.201. The summed E-state index contributed by atoms with van der Waals surface area (Å²) < 4.78 is 11.6. The molecular formula is C31H25N2O4S. The molecule has 0 aliphatic carbocycles. The number of hydrogen-bond donors (Lipinski definition) is 2. The van der Waals surface area contributed by atoms with Crippen LogP contribution < -0.4 is 20.1 Å². The van der Waals surface area contributed by atoms with Gasteiger partial charge in [0.15, 0.2) is 0 Å². The van der Waals surface area contributed by atoms with Gasteiger partial charge < -0.3 is 14.8 Å². The number of fused-ring (bicyclic) bond motifs is 2. The van der Waals surface area contributed by atoms with Gasteiger partial charge in [-0.05, 0) is 71.1 Å². The van der Waals surface area contributed by atoms with Gasteiger partial charge in [0.25, 0.3) is 0 Å². The van der Waals surface area contributed by atoms with Crippen molar-refractivity contribution in [2.24, 2.45) is 0 Å². The first-order valence-corrected chi connectivity index (χ1v) is 13.2. The molecule has 2 N–H and O–H groups in total. The SMILES string of the molecule is [CH2]CNC(=O)Oc1ccc2ccccc2c1-c1c(OC(=O)Nc2ccc(SC)cc2)ccc2ccccc12. The van der Waals surface area contributed by atoms with Gasteiger partial charge in [-0.1, -0.05) is 60.7 Å². The predicted molar refractivity (Wildman–Crippen MR) is 154 cm³/mol. The lowest BCUT2D eigenvalue weighted by atomic mass is 9.92. The zero-order chi connectivity index (χ0) is 26.5. The molecule has 0 heterocycles. The summed E-state index contributed by atoms with van der Waals surface area (Å²) in [7, 11) is 0. The van der Waals surface area contributed by atoms with Gasteiger partial charge in [0.1, 0.15) is 11.5 Å². The normalized spacial score (nSPS) is 10.8. The molecule has 0 atom stereocenters. The highest BCUT2D eigenvalue weighted by molar-refractivity contribution is 7.98. The van der Waals surface area contributed by atoms with E-state index >= 15 is 0 Å². The Hall–Kier alpha value is -4.49. The molecule has 189 valence electrons. The Morgan fingerprint density at radius 3 is 1.76 bits per heavy atom. The predicted octanol–water partition coefficient (Wildman–Crippen LogP) is 7.92. The summed E-state index contributed by atoms with van der Waals surface area (Å²) in [5, 5.41) is 8.96. The number of carbonyl (C=O) groups is 2. The van der Waals surface area contributed by atoms with Crippen molar-refractivity contribution in [1.82, 2.24) is 5.32 Å². The molecule has 0 spiro atoms. The van der Waals surface area contributed by atoms with Crippen molar-refractivity contribution in [3.63, 3.8) is 0 Å². The van der Waals surface area contributed by atoms with Gasteiger partial charge in [-0.15, -0.1) is 11.8 Å². The molecule has 6 nitrogen and oxygen atoms in total. The minimum Gasteiger partial charge on any atom is -0.410 e. The van der Waals surface area contributed by atoms with E-state index in [1.807, 2.05) is 91.2 Å². The number of rotatable bonds is 6. The van der Waals surface area contributed by atoms with Crippen LogP contribution in [0.3, 0.4) is 0 Å². The molecule has 1 radical (unpaired) electrons. The van der Waals surface area contributed by atoms with E-state index in [0.29, 0.717) is 28.3 Å². The molecule has 0 aromatic heterocycles. The van der Waals surface area contributed by atoms with Crippen molar-refractivity contribution in [3.8, 4) is 22.6 Å². The van der Waals surface area contributed by atoms with Crippen LogP contribution in [0.4, 0.5) is 15.3 Å². The summed E-state index contributed by atoms with van der Waals surface area (Å²) in [5.74, 6) is 0.671. The van der Waals surface area contributed by atoms with Crippen molar-refractivity contribution < 1.29 is 19.1 Å². The zero-order valence-electron chi connectivity index (χ0n) is 20.7. The molecule has 0 saturated heterocycles. The zero-order valence-corrected chi connectivity index (χ0v) is 21.5. The van der Waals surface area contributed by atoms with Crippen LogP contribution in [0.25, 0.3) is 32.7 Å². The minimum absolute atomic E-state index is 0.183. The molecule has 0 unspecified atom stereocenters. The molecule has 0 bridgehead atoms. The van der Waals surface area contributed by atoms with Gasteiger partial charge in [-0.3, -0.25) is 5.32 Å². The molecule has 38 heavy (non-hydrogen) atoms. The Morgan fingerprint density at radius 2 is 1.24 bits per heavy atom. The molecule has 5 aromatic carbocycles. The van der Waals surface area contributed by atoms with E-state index < -0.39 is 12.2 Å². The average Bonchev–Trinajstić information content (AvgIpc) is 2.94. The second kappa shape index (κ2) is 11.3. The van der Waals surface area contributed by atoms with Crippen molar-refractivity contribution in [2.75, 3.05) is 18.1 Å². The van der Waals surface area contributed by atoms with Crippen LogP contribution in [0.2, 0.25) is 0 Å². The smallest absolute Gasteiger partial charge is 0.410 e. The standard InChI is InChI=1S/C31H25N2O4S/c1-3-32-30(34)36-26-18-12-20-8-4-6-10-24(20)28(26)29-25-11-7-5-9-21(25)13-19-27(29)37-31(35)33-22-14-16-23(38-2)17-15-22/h4-19H,1,3H2,2H3,(H,32,34)(H,33,35). The number of hydrogen-bond acceptors (Lipinski definition) is 5. The van der Waals surface area contributed by atoms with E-state index in [2.05, 4.69) is 17.6 Å². The number of anilines is 1. The molecule has 0 aliphatic heterocycles. The Morgan fingerprint density at radius 1 is 0.711 bits per heavy atom. The first-order valence-electron chi connectivity index (χ1n) is 12.0. The van der Waals surface area contributed by atoms with Crippen LogP contribution in [0.1, 0.15) is 0 Å². The van der Waals surface area contributed by atoms with E-state index in [0.717, 1.165) is 26.4 Å². The lowest BCUT2D eigenvalue weighted by Crippen LogP contribution is -2.26. The van der Waals surface area contributed by atoms with Gasteiger partial charge in [0.05, 0.1) is 0 Å². The number of nitrogens with one attached hydrogen (secondary N) is 2. The molecule has 0 fully saturated rings. The fraction of sp³-hybridized carbons (Fsp3) is 0.0645. The number of thioether (sulfide) groups is 1. The Balaban J connectivity index is 1.65. The highest BCUT2D eigenvalue weighted by atomic mass is 32.2. The van der Waals surface area contributed by atoms with Crippen molar-refractivity contribution in [2.45, 2.75) is 4.90 Å². The number of benzene rings is 5. The van der Waals surface area contributed by atoms with E-state index in [4.69, 9.17) is 9.47 Å². The van der Waals surface area contributed by atoms with Gasteiger partial charge >= 0.3 is 12.2 Å². The first kappa shape index (κ1) is 25.2. The summed E-state index contributed by atoms with van der Waals surface area (Å²) >= 11 is 1.62. The third kappa shape index (κ3) is 5.28. The molecule has 2 amide bonds. The second-order valence-corrected chi connectivity index (χ2v) is 9.26. The summed E-state index contributed by atoms with van der Waals surface area (Å²) in [5.41, 5.74) is 1.91. The number of carbonyl (C=O) groups excluding carboxylic acids is 2. The monoisotopic (exact) mass is 521 g/mol. The summed E-state index contributed by atoms with van der Waals surface area (Å²) in [4.78, 5) is 26.6. The van der Waals surface area contributed by atoms with Crippen molar-refractivity contribution in [3.05, 3.63) is 104 Å². The second-order valence-electron chi connectivity index (χ2n) is 8.38. The maximum absolute atomic E-state index is 13.0. The quantitative estimate of drug-likeness (QED) is 0.222. The fourth-order valence-electron chi connectivity index (χ4n) is 4.34. The van der Waals surface area contributed by atoms with Crippen LogP contribution >= 0.6 is 11.8 Å². The van der Waals surface area contributed by atoms with Crippen molar-refractivity contribution in [1.29, 1.82) is 0 Å². The number of ether oxygens (including phenoxy) is 2. The molecule has 0 saturated carbocycles. The van der Waals surface area contributed by atoms with E-state index in [1.54, 1.807) is 23.9 Å². The van der Waals surface area contributed by atoms with Gasteiger partial charge in [0.2, 0.25) is 0 Å². The molecular weight excluding hydrogens is 496 g/mol. The maximum Gasteiger partial charge on any atom is 0.417 e. The molecule has 0 aliphatic rings. The number of amides is 2. The summed E-state index contributed by atoms with van der Waals surface area (Å²) in [6.45, 7) is 3.83. The Bertz CT molecular complexity index is 1630. The lowest BCUT2D eigenvalue weighted by Gasteiger charge is -2.19. The maximum atomic E-state index is 13.0. The fourth-order valence-corrected chi connectivity index (χ4v) is 4.75. The van der Waals surface area contributed by atoms with Crippen LogP contribution in [0, 0.1) is 6.92 Å². The highest BCUT2D eigenvalue weighted by Gasteiger charge is 2.22. The van der Waals surface area contributed by atoms with E-state index in [-0.39, 0.29) is 6.54 Å². The average molecular weight is 522 g/mol. The van der Waals surface area contributed by atoms with Gasteiger partial charge in [-0.2, -0.15) is 0 Å². The van der Waals surface area contributed by atoms with E-state index in [9.17, 15) is 9.59 Å². The highest BCUT2D eigenvalue weighted by Crippen LogP contribution is 2.45. The van der Waals surface area contributed by atoms with Crippen LogP contribution in [0.5, 0.6) is 11.5 Å². The minimum atomic E-state index is -0.629. The Labute approximate surface area is 225 Å². The van der Waals surface area contributed by atoms with Crippen molar-refractivity contribution >= 4 is 51.2 Å². The first-order chi connectivity index (χ1) is 18.6. The molecule has 5 aromatic rings. The third-order valence-electron chi connectivity index (χ3n) is 6.04. The van der Waals surface area contributed by atoms with Crippen LogP contribution in [-0.2, 0) is 0 Å².